The van der Waals surface area contributed by atoms with E-state index in [4.69, 9.17) is 5.11 Å². The first-order chi connectivity index (χ1) is 6.13. The van der Waals surface area contributed by atoms with Crippen LogP contribution < -0.4 is 0 Å². The maximum Gasteiger partial charge on any atom is 0.358 e. The summed E-state index contributed by atoms with van der Waals surface area (Å²) < 4.78 is 15.7. The lowest BCUT2D eigenvalue weighted by atomic mass is 10.4. The third-order valence-electron chi connectivity index (χ3n) is 1.40. The molecule has 13 heavy (non-hydrogen) atoms. The molecule has 6 heteroatoms. The molecular formula is C7H9NO4S. The number of aromatic carboxylic acids is 1. The van der Waals surface area contributed by atoms with E-state index in [-0.39, 0.29) is 11.4 Å². The summed E-state index contributed by atoms with van der Waals surface area (Å²) in [5.74, 6) is -0.0604. The molecule has 72 valence electrons. The molecule has 0 bridgehead atoms. The topological polar surface area (TPSA) is 80.4 Å². The maximum absolute atomic E-state index is 11.0. The highest BCUT2D eigenvalue weighted by atomic mass is 32.2. The second-order valence-electron chi connectivity index (χ2n) is 2.36. The largest absolute Gasteiger partial charge is 0.476 e. The molecule has 0 saturated carbocycles. The SMILES string of the molecule is CCS(=O)Cc1cc(C(=O)O)no1. The third-order valence-corrected chi connectivity index (χ3v) is 2.65. The minimum Gasteiger partial charge on any atom is -0.476 e. The number of aromatic nitrogens is 1. The second-order valence-corrected chi connectivity index (χ2v) is 4.10. The molecule has 1 aromatic rings. The summed E-state index contributed by atoms with van der Waals surface area (Å²) in [6, 6.07) is 1.29. The number of rotatable bonds is 4. The number of carboxylic acids is 1. The van der Waals surface area contributed by atoms with Gasteiger partial charge >= 0.3 is 5.97 Å². The molecule has 1 N–H and O–H groups in total. The highest BCUT2D eigenvalue weighted by Gasteiger charge is 2.11. The van der Waals surface area contributed by atoms with E-state index in [0.29, 0.717) is 11.5 Å². The molecule has 0 spiro atoms. The van der Waals surface area contributed by atoms with Crippen LogP contribution in [0.3, 0.4) is 0 Å². The fraction of sp³-hybridized carbons (Fsp3) is 0.429. The summed E-state index contributed by atoms with van der Waals surface area (Å²) in [4.78, 5) is 10.4. The van der Waals surface area contributed by atoms with Crippen LogP contribution in [0.25, 0.3) is 0 Å². The molecule has 0 radical (unpaired) electrons. The molecule has 5 nitrogen and oxygen atoms in total. The van der Waals surface area contributed by atoms with Crippen molar-refractivity contribution < 1.29 is 18.6 Å². The van der Waals surface area contributed by atoms with Gasteiger partial charge < -0.3 is 9.63 Å². The highest BCUT2D eigenvalue weighted by Crippen LogP contribution is 2.06. The van der Waals surface area contributed by atoms with Gasteiger partial charge in [0.25, 0.3) is 0 Å². The van der Waals surface area contributed by atoms with Crippen LogP contribution in [0.2, 0.25) is 0 Å². The number of hydrogen-bond donors (Lipinski definition) is 1. The van der Waals surface area contributed by atoms with E-state index in [1.807, 2.05) is 0 Å². The maximum atomic E-state index is 11.0. The highest BCUT2D eigenvalue weighted by molar-refractivity contribution is 7.84. The second kappa shape index (κ2) is 4.18. The molecule has 0 aliphatic rings. The Morgan fingerprint density at radius 2 is 2.46 bits per heavy atom. The van der Waals surface area contributed by atoms with Crippen LogP contribution in [0.1, 0.15) is 23.2 Å². The first kappa shape index (κ1) is 9.91. The fourth-order valence-electron chi connectivity index (χ4n) is 0.743. The van der Waals surface area contributed by atoms with Crippen molar-refractivity contribution in [3.8, 4) is 0 Å². The molecule has 0 aliphatic heterocycles. The molecule has 1 atom stereocenters. The zero-order chi connectivity index (χ0) is 9.84. The normalized spacial score (nSPS) is 12.7. The lowest BCUT2D eigenvalue weighted by Gasteiger charge is -1.90. The van der Waals surface area contributed by atoms with Crippen LogP contribution >= 0.6 is 0 Å². The van der Waals surface area contributed by atoms with Gasteiger partial charge in [-0.3, -0.25) is 4.21 Å². The monoisotopic (exact) mass is 203 g/mol. The van der Waals surface area contributed by atoms with Crippen molar-refractivity contribution in [1.29, 1.82) is 0 Å². The van der Waals surface area contributed by atoms with Gasteiger partial charge in [-0.15, -0.1) is 0 Å². The molecule has 0 fully saturated rings. The van der Waals surface area contributed by atoms with E-state index in [9.17, 15) is 9.00 Å². The van der Waals surface area contributed by atoms with E-state index in [1.165, 1.54) is 6.07 Å². The summed E-state index contributed by atoms with van der Waals surface area (Å²) in [5, 5.41) is 11.8. The Kier molecular flexibility index (Phi) is 3.18. The summed E-state index contributed by atoms with van der Waals surface area (Å²) >= 11 is 0. The van der Waals surface area contributed by atoms with Crippen LogP contribution in [0, 0.1) is 0 Å². The Labute approximate surface area is 77.2 Å². The van der Waals surface area contributed by atoms with Gasteiger partial charge in [-0.2, -0.15) is 0 Å². The van der Waals surface area contributed by atoms with E-state index in [2.05, 4.69) is 9.68 Å². The van der Waals surface area contributed by atoms with Crippen LogP contribution in [0.4, 0.5) is 0 Å². The van der Waals surface area contributed by atoms with Crippen molar-refractivity contribution in [2.45, 2.75) is 12.7 Å². The zero-order valence-corrected chi connectivity index (χ0v) is 7.84. The molecular weight excluding hydrogens is 194 g/mol. The molecule has 0 amide bonds. The summed E-state index contributed by atoms with van der Waals surface area (Å²) in [7, 11) is -1.00. The Balaban J connectivity index is 2.69. The van der Waals surface area contributed by atoms with Gasteiger partial charge in [-0.1, -0.05) is 12.1 Å². The Bertz CT molecular complexity index is 333. The molecule has 1 rings (SSSR count). The first-order valence-corrected chi connectivity index (χ1v) is 5.16. The van der Waals surface area contributed by atoms with Crippen molar-refractivity contribution in [2.24, 2.45) is 0 Å². The number of carboxylic acid groups (broad SMARTS) is 1. The predicted octanol–water partition coefficient (Wildman–Crippen LogP) is 0.641. The predicted molar refractivity (Wildman–Crippen MR) is 45.8 cm³/mol. The average Bonchev–Trinajstić information content (AvgIpc) is 2.52. The average molecular weight is 203 g/mol. The Morgan fingerprint density at radius 3 is 2.92 bits per heavy atom. The van der Waals surface area contributed by atoms with Gasteiger partial charge in [-0.25, -0.2) is 4.79 Å². The number of carbonyl (C=O) groups is 1. The third kappa shape index (κ3) is 2.66. The molecule has 0 saturated heterocycles. The molecule has 0 aromatic carbocycles. The van der Waals surface area contributed by atoms with Gasteiger partial charge in [0.05, 0.1) is 5.75 Å². The Hall–Kier alpha value is -1.17. The standard InChI is InChI=1S/C7H9NO4S/c1-2-13(11)4-5-3-6(7(9)10)8-12-5/h3H,2,4H2,1H3,(H,9,10). The van der Waals surface area contributed by atoms with Crippen LogP contribution in [-0.2, 0) is 16.6 Å². The summed E-state index contributed by atoms with van der Waals surface area (Å²) in [6.45, 7) is 1.78. The van der Waals surface area contributed by atoms with E-state index in [0.717, 1.165) is 0 Å². The first-order valence-electron chi connectivity index (χ1n) is 3.67. The van der Waals surface area contributed by atoms with Gasteiger partial charge in [0, 0.05) is 22.6 Å². The van der Waals surface area contributed by atoms with Crippen LogP contribution in [0.5, 0.6) is 0 Å². The van der Waals surface area contributed by atoms with Crippen molar-refractivity contribution in [3.05, 3.63) is 17.5 Å². The molecule has 1 heterocycles. The van der Waals surface area contributed by atoms with Crippen LogP contribution in [0.15, 0.2) is 10.6 Å². The molecule has 0 aliphatic carbocycles. The summed E-state index contributed by atoms with van der Waals surface area (Å²) in [6.07, 6.45) is 0. The van der Waals surface area contributed by atoms with Crippen molar-refractivity contribution in [1.82, 2.24) is 5.16 Å². The Morgan fingerprint density at radius 1 is 1.77 bits per heavy atom. The lowest BCUT2D eigenvalue weighted by molar-refractivity contribution is 0.0685. The van der Waals surface area contributed by atoms with Crippen molar-refractivity contribution in [2.75, 3.05) is 5.75 Å². The van der Waals surface area contributed by atoms with Gasteiger partial charge in [-0.05, 0) is 0 Å². The number of nitrogens with zero attached hydrogens (tertiary/aromatic N) is 1. The smallest absolute Gasteiger partial charge is 0.358 e. The fourth-order valence-corrected chi connectivity index (χ4v) is 1.40. The quantitative estimate of drug-likeness (QED) is 0.776. The van der Waals surface area contributed by atoms with Gasteiger partial charge in [0.15, 0.2) is 5.69 Å². The minimum atomic E-state index is -1.14. The van der Waals surface area contributed by atoms with Crippen LogP contribution in [-0.4, -0.2) is 26.2 Å². The molecule has 1 aromatic heterocycles. The van der Waals surface area contributed by atoms with E-state index in [1.54, 1.807) is 6.92 Å². The minimum absolute atomic E-state index is 0.150. The van der Waals surface area contributed by atoms with E-state index >= 15 is 0 Å². The van der Waals surface area contributed by atoms with Gasteiger partial charge in [0.2, 0.25) is 0 Å². The van der Waals surface area contributed by atoms with E-state index < -0.39 is 16.8 Å². The number of hydrogen-bond acceptors (Lipinski definition) is 4. The zero-order valence-electron chi connectivity index (χ0n) is 7.02. The van der Waals surface area contributed by atoms with Crippen molar-refractivity contribution >= 4 is 16.8 Å². The van der Waals surface area contributed by atoms with Gasteiger partial charge in [0.1, 0.15) is 5.76 Å². The lowest BCUT2D eigenvalue weighted by Crippen LogP contribution is -1.97. The molecule has 1 unspecified atom stereocenters. The van der Waals surface area contributed by atoms with Crippen molar-refractivity contribution in [3.63, 3.8) is 0 Å². The summed E-state index contributed by atoms with van der Waals surface area (Å²) in [5.41, 5.74) is -0.150.